The Balaban J connectivity index is 1.46. The molecule has 0 spiro atoms. The Morgan fingerprint density at radius 1 is 1.19 bits per heavy atom. The van der Waals surface area contributed by atoms with Gasteiger partial charge in [0.25, 0.3) is 5.56 Å². The van der Waals surface area contributed by atoms with Crippen molar-refractivity contribution < 1.29 is 4.79 Å². The smallest absolute Gasteiger partial charge is 0.270 e. The minimum absolute atomic E-state index is 0.172. The first-order chi connectivity index (χ1) is 12.6. The van der Waals surface area contributed by atoms with E-state index in [1.165, 1.54) is 0 Å². The van der Waals surface area contributed by atoms with E-state index in [9.17, 15) is 9.59 Å². The van der Waals surface area contributed by atoms with Crippen LogP contribution in [0, 0.1) is 0 Å². The molecular formula is C19H17N5O2. The molecule has 7 nitrogen and oxygen atoms in total. The molecule has 2 aromatic heterocycles. The van der Waals surface area contributed by atoms with Crippen LogP contribution in [0.1, 0.15) is 12.1 Å². The van der Waals surface area contributed by atoms with Crippen LogP contribution < -0.4 is 10.9 Å². The van der Waals surface area contributed by atoms with E-state index < -0.39 is 0 Å². The number of hydrogen-bond acceptors (Lipinski definition) is 4. The van der Waals surface area contributed by atoms with Gasteiger partial charge in [-0.2, -0.15) is 0 Å². The van der Waals surface area contributed by atoms with Gasteiger partial charge in [-0.1, -0.05) is 12.1 Å². The van der Waals surface area contributed by atoms with Gasteiger partial charge in [0, 0.05) is 25.6 Å². The second-order valence-electron chi connectivity index (χ2n) is 6.14. The molecule has 1 amide bonds. The summed E-state index contributed by atoms with van der Waals surface area (Å²) in [4.78, 5) is 35.7. The number of carbonyl (C=O) groups excluding carboxylic acids is 1. The summed E-state index contributed by atoms with van der Waals surface area (Å²) in [6.45, 7) is 0. The lowest BCUT2D eigenvalue weighted by atomic mass is 10.2. The Kier molecular flexibility index (Phi) is 3.96. The van der Waals surface area contributed by atoms with Gasteiger partial charge in [-0.3, -0.25) is 9.59 Å². The van der Waals surface area contributed by atoms with Crippen molar-refractivity contribution >= 4 is 33.7 Å². The number of rotatable bonds is 4. The molecule has 7 heteroatoms. The predicted molar refractivity (Wildman–Crippen MR) is 100 cm³/mol. The van der Waals surface area contributed by atoms with E-state index in [-0.39, 0.29) is 24.3 Å². The van der Waals surface area contributed by atoms with Crippen molar-refractivity contribution in [2.45, 2.75) is 12.8 Å². The Morgan fingerprint density at radius 3 is 2.92 bits per heavy atom. The number of amides is 1. The summed E-state index contributed by atoms with van der Waals surface area (Å²) >= 11 is 0. The number of hydrogen-bond donors (Lipinski definition) is 2. The quantitative estimate of drug-likeness (QED) is 0.593. The highest BCUT2D eigenvalue weighted by molar-refractivity contribution is 5.93. The predicted octanol–water partition coefficient (Wildman–Crippen LogP) is 2.38. The van der Waals surface area contributed by atoms with E-state index in [0.717, 1.165) is 11.0 Å². The van der Waals surface area contributed by atoms with Crippen molar-refractivity contribution in [3.8, 4) is 0 Å². The lowest BCUT2D eigenvalue weighted by Gasteiger charge is -2.06. The molecule has 0 saturated heterocycles. The minimum Gasteiger partial charge on any atom is -0.334 e. The number of nitrogens with one attached hydrogen (secondary N) is 2. The summed E-state index contributed by atoms with van der Waals surface area (Å²) in [5, 5.41) is 2.84. The van der Waals surface area contributed by atoms with E-state index in [1.807, 2.05) is 48.0 Å². The zero-order chi connectivity index (χ0) is 18.1. The van der Waals surface area contributed by atoms with Crippen LogP contribution in [0.5, 0.6) is 0 Å². The van der Waals surface area contributed by atoms with Crippen molar-refractivity contribution in [2.75, 3.05) is 5.32 Å². The average molecular weight is 347 g/mol. The standard InChI is InChI=1S/C19H17N5O2/c1-24-11-20-16-10-12(6-8-17(16)24)21-18(25)9-7-15-19(26)23-14-5-3-2-4-13(14)22-15/h2-6,8,10-11H,7,9H2,1H3,(H,21,25)(H,23,26). The van der Waals surface area contributed by atoms with Crippen molar-refractivity contribution in [1.82, 2.24) is 19.5 Å². The van der Waals surface area contributed by atoms with Crippen LogP contribution in [0.2, 0.25) is 0 Å². The fourth-order valence-corrected chi connectivity index (χ4v) is 2.91. The number of para-hydroxylation sites is 2. The zero-order valence-electron chi connectivity index (χ0n) is 14.2. The van der Waals surface area contributed by atoms with Gasteiger partial charge < -0.3 is 14.9 Å². The molecule has 0 radical (unpaired) electrons. The van der Waals surface area contributed by atoms with Gasteiger partial charge in [-0.05, 0) is 30.3 Å². The van der Waals surface area contributed by atoms with Gasteiger partial charge in [0.2, 0.25) is 5.91 Å². The number of nitrogens with zero attached hydrogens (tertiary/aromatic N) is 3. The fraction of sp³-hybridized carbons (Fsp3) is 0.158. The van der Waals surface area contributed by atoms with E-state index in [0.29, 0.717) is 22.4 Å². The van der Waals surface area contributed by atoms with Crippen molar-refractivity contribution in [2.24, 2.45) is 7.05 Å². The number of H-pyrrole nitrogens is 1. The van der Waals surface area contributed by atoms with E-state index in [2.05, 4.69) is 20.3 Å². The monoisotopic (exact) mass is 347 g/mol. The zero-order valence-corrected chi connectivity index (χ0v) is 14.2. The van der Waals surface area contributed by atoms with Crippen molar-refractivity contribution in [3.63, 3.8) is 0 Å². The summed E-state index contributed by atoms with van der Waals surface area (Å²) in [6, 6.07) is 12.9. The Labute approximate surface area is 148 Å². The minimum atomic E-state index is -0.258. The highest BCUT2D eigenvalue weighted by atomic mass is 16.1. The number of fused-ring (bicyclic) bond motifs is 2. The SMILES string of the molecule is Cn1cnc2cc(NC(=O)CCc3nc4ccccc4[nH]c3=O)ccc21. The molecule has 4 aromatic rings. The van der Waals surface area contributed by atoms with Crippen LogP contribution in [0.3, 0.4) is 0 Å². The fourth-order valence-electron chi connectivity index (χ4n) is 2.91. The number of aromatic nitrogens is 4. The molecule has 2 heterocycles. The second-order valence-corrected chi connectivity index (χ2v) is 6.14. The van der Waals surface area contributed by atoms with Crippen LogP contribution in [0.25, 0.3) is 22.1 Å². The maximum atomic E-state index is 12.2. The number of carbonyl (C=O) groups is 1. The number of anilines is 1. The van der Waals surface area contributed by atoms with Crippen LogP contribution >= 0.6 is 0 Å². The van der Waals surface area contributed by atoms with E-state index >= 15 is 0 Å². The Hall–Kier alpha value is -3.48. The summed E-state index contributed by atoms with van der Waals surface area (Å²) < 4.78 is 1.92. The highest BCUT2D eigenvalue weighted by Gasteiger charge is 2.09. The summed E-state index contributed by atoms with van der Waals surface area (Å²) in [5.41, 5.74) is 4.00. The maximum Gasteiger partial charge on any atom is 0.270 e. The molecule has 0 aliphatic heterocycles. The van der Waals surface area contributed by atoms with Crippen molar-refractivity contribution in [3.05, 3.63) is 64.8 Å². The van der Waals surface area contributed by atoms with Crippen LogP contribution in [0.15, 0.2) is 53.6 Å². The third-order valence-electron chi connectivity index (χ3n) is 4.27. The van der Waals surface area contributed by atoms with Gasteiger partial charge in [-0.15, -0.1) is 0 Å². The molecular weight excluding hydrogens is 330 g/mol. The first-order valence-electron chi connectivity index (χ1n) is 8.29. The third kappa shape index (κ3) is 3.06. The molecule has 26 heavy (non-hydrogen) atoms. The molecule has 0 aliphatic rings. The summed E-state index contributed by atoms with van der Waals surface area (Å²) in [6.07, 6.45) is 2.18. The van der Waals surface area contributed by atoms with Crippen LogP contribution in [-0.4, -0.2) is 25.4 Å². The molecule has 0 aliphatic carbocycles. The van der Waals surface area contributed by atoms with Crippen molar-refractivity contribution in [1.29, 1.82) is 0 Å². The van der Waals surface area contributed by atoms with Gasteiger partial charge in [0.1, 0.15) is 5.69 Å². The first kappa shape index (κ1) is 16.0. The average Bonchev–Trinajstić information content (AvgIpc) is 3.00. The second kappa shape index (κ2) is 6.44. The van der Waals surface area contributed by atoms with Gasteiger partial charge >= 0.3 is 0 Å². The summed E-state index contributed by atoms with van der Waals surface area (Å²) in [7, 11) is 1.92. The van der Waals surface area contributed by atoms with E-state index in [1.54, 1.807) is 12.4 Å². The molecule has 0 bridgehead atoms. The normalized spacial score (nSPS) is 11.1. The molecule has 0 unspecified atom stereocenters. The van der Waals surface area contributed by atoms with Gasteiger partial charge in [0.15, 0.2) is 0 Å². The van der Waals surface area contributed by atoms with E-state index in [4.69, 9.17) is 0 Å². The number of aryl methyl sites for hydroxylation is 2. The number of aromatic amines is 1. The van der Waals surface area contributed by atoms with Crippen LogP contribution in [0.4, 0.5) is 5.69 Å². The third-order valence-corrected chi connectivity index (χ3v) is 4.27. The molecule has 2 aromatic carbocycles. The highest BCUT2D eigenvalue weighted by Crippen LogP contribution is 2.17. The lowest BCUT2D eigenvalue weighted by Crippen LogP contribution is -2.19. The lowest BCUT2D eigenvalue weighted by molar-refractivity contribution is -0.116. The maximum absolute atomic E-state index is 12.2. The Morgan fingerprint density at radius 2 is 2.04 bits per heavy atom. The molecule has 2 N–H and O–H groups in total. The topological polar surface area (TPSA) is 92.7 Å². The number of benzene rings is 2. The van der Waals surface area contributed by atoms with Gasteiger partial charge in [-0.25, -0.2) is 9.97 Å². The molecule has 130 valence electrons. The molecule has 0 fully saturated rings. The largest absolute Gasteiger partial charge is 0.334 e. The van der Waals surface area contributed by atoms with Crippen LogP contribution in [-0.2, 0) is 18.3 Å². The Bertz CT molecular complexity index is 1180. The molecule has 0 atom stereocenters. The number of imidazole rings is 1. The summed E-state index contributed by atoms with van der Waals surface area (Å²) in [5.74, 6) is -0.172. The van der Waals surface area contributed by atoms with Gasteiger partial charge in [0.05, 0.1) is 28.4 Å². The first-order valence-corrected chi connectivity index (χ1v) is 8.29. The molecule has 0 saturated carbocycles. The molecule has 4 rings (SSSR count).